The molecule has 0 rings (SSSR count). The minimum atomic E-state index is -0.669. The van der Waals surface area contributed by atoms with Crippen LogP contribution in [0.4, 0.5) is 0 Å². The third-order valence-electron chi connectivity index (χ3n) is 3.16. The average Bonchev–Trinajstić information content (AvgIpc) is 2.30. The van der Waals surface area contributed by atoms with E-state index >= 15 is 0 Å². The first-order valence-electron chi connectivity index (χ1n) is 7.03. The van der Waals surface area contributed by atoms with E-state index in [1.54, 1.807) is 0 Å². The Morgan fingerprint density at radius 2 is 1.76 bits per heavy atom. The van der Waals surface area contributed by atoms with Gasteiger partial charge in [0.2, 0.25) is 0 Å². The van der Waals surface area contributed by atoms with Crippen LogP contribution in [0.3, 0.4) is 0 Å². The van der Waals surface area contributed by atoms with Gasteiger partial charge in [-0.3, -0.25) is 4.79 Å². The van der Waals surface area contributed by atoms with Crippen molar-refractivity contribution < 1.29 is 9.90 Å². The predicted molar refractivity (Wildman–Crippen MR) is 73.2 cm³/mol. The number of allylic oxidation sites excluding steroid dienone is 2. The molecule has 17 heavy (non-hydrogen) atoms. The average molecular weight is 240 g/mol. The fourth-order valence-electron chi connectivity index (χ4n) is 1.68. The molecule has 0 bridgehead atoms. The van der Waals surface area contributed by atoms with E-state index in [-0.39, 0.29) is 0 Å². The molecule has 1 N–H and O–H groups in total. The molecule has 0 heterocycles. The Morgan fingerprint density at radius 1 is 1.12 bits per heavy atom. The van der Waals surface area contributed by atoms with Crippen LogP contribution in [-0.4, -0.2) is 11.1 Å². The number of carboxylic acid groups (broad SMARTS) is 1. The lowest BCUT2D eigenvalue weighted by Gasteiger charge is -2.02. The molecule has 0 saturated heterocycles. The lowest BCUT2D eigenvalue weighted by Crippen LogP contribution is -1.93. The maximum absolute atomic E-state index is 10.3. The normalized spacial score (nSPS) is 13.1. The van der Waals surface area contributed by atoms with Crippen molar-refractivity contribution in [2.75, 3.05) is 0 Å². The molecule has 0 aromatic heterocycles. The zero-order chi connectivity index (χ0) is 12.9. The molecular weight excluding hydrogens is 212 g/mol. The van der Waals surface area contributed by atoms with Gasteiger partial charge in [-0.15, -0.1) is 0 Å². The molecule has 100 valence electrons. The van der Waals surface area contributed by atoms with Crippen molar-refractivity contribution >= 4 is 5.97 Å². The molecule has 1 atom stereocenters. The van der Waals surface area contributed by atoms with Gasteiger partial charge < -0.3 is 5.11 Å². The fraction of sp³-hybridized carbons (Fsp3) is 0.800. The first-order valence-corrected chi connectivity index (χ1v) is 7.03. The van der Waals surface area contributed by atoms with Gasteiger partial charge in [-0.25, -0.2) is 0 Å². The highest BCUT2D eigenvalue weighted by Crippen LogP contribution is 2.10. The molecule has 0 fully saturated rings. The lowest BCUT2D eigenvalue weighted by molar-refractivity contribution is -0.137. The van der Waals surface area contributed by atoms with Crippen LogP contribution >= 0.6 is 0 Å². The molecule has 0 saturated carbocycles. The third-order valence-corrected chi connectivity index (χ3v) is 3.16. The van der Waals surface area contributed by atoms with Crippen LogP contribution < -0.4 is 0 Å². The van der Waals surface area contributed by atoms with Gasteiger partial charge in [0, 0.05) is 6.42 Å². The number of carbonyl (C=O) groups is 1. The highest BCUT2D eigenvalue weighted by molar-refractivity contribution is 5.66. The molecule has 0 aromatic carbocycles. The van der Waals surface area contributed by atoms with E-state index in [0.717, 1.165) is 18.8 Å². The molecule has 0 aliphatic heterocycles. The van der Waals surface area contributed by atoms with Crippen LogP contribution in [0, 0.1) is 5.92 Å². The van der Waals surface area contributed by atoms with E-state index in [4.69, 9.17) is 5.11 Å². The molecule has 0 radical (unpaired) electrons. The van der Waals surface area contributed by atoms with Crippen molar-refractivity contribution in [3.8, 4) is 0 Å². The molecule has 0 aliphatic rings. The largest absolute Gasteiger partial charge is 0.481 e. The zero-order valence-corrected chi connectivity index (χ0v) is 11.5. The Morgan fingerprint density at radius 3 is 2.41 bits per heavy atom. The quantitative estimate of drug-likeness (QED) is 0.416. The maximum Gasteiger partial charge on any atom is 0.303 e. The minimum absolute atomic E-state index is 0.328. The Balaban J connectivity index is 3.15. The molecule has 0 aliphatic carbocycles. The Labute approximate surface area is 106 Å². The van der Waals surface area contributed by atoms with E-state index in [0.29, 0.717) is 6.42 Å². The summed E-state index contributed by atoms with van der Waals surface area (Å²) in [4.78, 5) is 10.3. The summed E-state index contributed by atoms with van der Waals surface area (Å²) in [6, 6.07) is 0. The Kier molecular flexibility index (Phi) is 11.1. The SMILES string of the molecule is CCC(C)C/C=C/CCCCCCCC(=O)O. The fourth-order valence-corrected chi connectivity index (χ4v) is 1.68. The van der Waals surface area contributed by atoms with Crippen molar-refractivity contribution in [1.29, 1.82) is 0 Å². The zero-order valence-electron chi connectivity index (χ0n) is 11.5. The number of rotatable bonds is 11. The van der Waals surface area contributed by atoms with Crippen LogP contribution in [0.25, 0.3) is 0 Å². The van der Waals surface area contributed by atoms with Crippen LogP contribution in [0.2, 0.25) is 0 Å². The van der Waals surface area contributed by atoms with Crippen molar-refractivity contribution in [1.82, 2.24) is 0 Å². The van der Waals surface area contributed by atoms with Gasteiger partial charge in [0.15, 0.2) is 0 Å². The smallest absolute Gasteiger partial charge is 0.303 e. The van der Waals surface area contributed by atoms with E-state index in [1.807, 2.05) is 0 Å². The van der Waals surface area contributed by atoms with Gasteiger partial charge in [0.25, 0.3) is 0 Å². The second kappa shape index (κ2) is 11.7. The molecule has 2 nitrogen and oxygen atoms in total. The monoisotopic (exact) mass is 240 g/mol. The van der Waals surface area contributed by atoms with Crippen LogP contribution in [0.15, 0.2) is 12.2 Å². The summed E-state index contributed by atoms with van der Waals surface area (Å²) < 4.78 is 0. The Hall–Kier alpha value is -0.790. The summed E-state index contributed by atoms with van der Waals surface area (Å²) in [5, 5.41) is 8.47. The molecule has 1 unspecified atom stereocenters. The highest BCUT2D eigenvalue weighted by atomic mass is 16.4. The van der Waals surface area contributed by atoms with Gasteiger partial charge >= 0.3 is 5.97 Å². The summed E-state index contributed by atoms with van der Waals surface area (Å²) in [6.45, 7) is 4.52. The number of carboxylic acids is 1. The predicted octanol–water partition coefficient (Wildman–Crippen LogP) is 4.79. The highest BCUT2D eigenvalue weighted by Gasteiger charge is 1.96. The summed E-state index contributed by atoms with van der Waals surface area (Å²) >= 11 is 0. The van der Waals surface area contributed by atoms with Crippen LogP contribution in [-0.2, 0) is 4.79 Å². The first kappa shape index (κ1) is 16.2. The van der Waals surface area contributed by atoms with Crippen molar-refractivity contribution in [3.05, 3.63) is 12.2 Å². The minimum Gasteiger partial charge on any atom is -0.481 e. The molecule has 2 heteroatoms. The van der Waals surface area contributed by atoms with Gasteiger partial charge in [0.05, 0.1) is 0 Å². The Bertz CT molecular complexity index is 209. The van der Waals surface area contributed by atoms with Crippen LogP contribution in [0.5, 0.6) is 0 Å². The third kappa shape index (κ3) is 13.1. The van der Waals surface area contributed by atoms with Crippen molar-refractivity contribution in [3.63, 3.8) is 0 Å². The number of hydrogen-bond acceptors (Lipinski definition) is 1. The summed E-state index contributed by atoms with van der Waals surface area (Å²) in [5.74, 6) is 0.139. The summed E-state index contributed by atoms with van der Waals surface area (Å²) in [5.41, 5.74) is 0. The second-order valence-electron chi connectivity index (χ2n) is 4.92. The summed E-state index contributed by atoms with van der Waals surface area (Å²) in [6.07, 6.45) is 14.1. The molecule has 0 spiro atoms. The molecule has 0 aromatic rings. The van der Waals surface area contributed by atoms with E-state index in [1.165, 1.54) is 38.5 Å². The number of aliphatic carboxylic acids is 1. The van der Waals surface area contributed by atoms with E-state index in [2.05, 4.69) is 26.0 Å². The first-order chi connectivity index (χ1) is 8.16. The number of hydrogen-bond donors (Lipinski definition) is 1. The molecular formula is C15H28O2. The second-order valence-corrected chi connectivity index (χ2v) is 4.92. The van der Waals surface area contributed by atoms with Crippen molar-refractivity contribution in [2.24, 2.45) is 5.92 Å². The lowest BCUT2D eigenvalue weighted by atomic mass is 10.0. The molecule has 0 amide bonds. The number of unbranched alkanes of at least 4 members (excludes halogenated alkanes) is 5. The summed E-state index contributed by atoms with van der Waals surface area (Å²) in [7, 11) is 0. The standard InChI is InChI=1S/C15H28O2/c1-3-14(2)12-10-8-6-4-5-7-9-11-13-15(16)17/h8,10,14H,3-7,9,11-13H2,1-2H3,(H,16,17)/b10-8+. The van der Waals surface area contributed by atoms with E-state index < -0.39 is 5.97 Å². The topological polar surface area (TPSA) is 37.3 Å². The maximum atomic E-state index is 10.3. The van der Waals surface area contributed by atoms with Crippen molar-refractivity contribution in [2.45, 2.75) is 71.6 Å². The van der Waals surface area contributed by atoms with Gasteiger partial charge in [-0.05, 0) is 31.6 Å². The van der Waals surface area contributed by atoms with Gasteiger partial charge in [0.1, 0.15) is 0 Å². The van der Waals surface area contributed by atoms with E-state index in [9.17, 15) is 4.79 Å². The van der Waals surface area contributed by atoms with Gasteiger partial charge in [-0.2, -0.15) is 0 Å². The van der Waals surface area contributed by atoms with Gasteiger partial charge in [-0.1, -0.05) is 51.7 Å². The van der Waals surface area contributed by atoms with Crippen LogP contribution in [0.1, 0.15) is 71.6 Å².